The normalized spacial score (nSPS) is 22.7. The fraction of sp³-hybridized carbons (Fsp3) is 0.643. The van der Waals surface area contributed by atoms with Crippen LogP contribution < -0.4 is 5.32 Å². The van der Waals surface area contributed by atoms with Crippen molar-refractivity contribution in [1.82, 2.24) is 20.1 Å². The average Bonchev–Trinajstić information content (AvgIpc) is 3.16. The Morgan fingerprint density at radius 3 is 2.50 bits per heavy atom. The van der Waals surface area contributed by atoms with E-state index < -0.39 is 0 Å². The van der Waals surface area contributed by atoms with Crippen LogP contribution in [0, 0.1) is 31.6 Å². The molecule has 1 aromatic heterocycles. The molecule has 2 aliphatic heterocycles. The zero-order valence-corrected chi connectivity index (χ0v) is 22.3. The second kappa shape index (κ2) is 11.8. The number of benzene rings is 1. The number of hydrogen-bond donors (Lipinski definition) is 1. The third kappa shape index (κ3) is 6.67. The Balaban J connectivity index is 1.18. The van der Waals surface area contributed by atoms with Crippen molar-refractivity contribution in [3.05, 3.63) is 40.4 Å². The van der Waals surface area contributed by atoms with Crippen molar-refractivity contribution >= 4 is 17.2 Å². The second-order valence-electron chi connectivity index (χ2n) is 10.7. The molecule has 1 aromatic carbocycles. The summed E-state index contributed by atoms with van der Waals surface area (Å²) in [5, 5.41) is 4.34. The summed E-state index contributed by atoms with van der Waals surface area (Å²) < 4.78 is 0. The van der Waals surface area contributed by atoms with E-state index in [0.29, 0.717) is 0 Å². The molecule has 186 valence electrons. The second-order valence-corrected chi connectivity index (χ2v) is 11.9. The van der Waals surface area contributed by atoms with Crippen LogP contribution in [0.3, 0.4) is 0 Å². The predicted molar refractivity (Wildman–Crippen MR) is 142 cm³/mol. The topological polar surface area (TPSA) is 48.5 Å². The first-order valence-electron chi connectivity index (χ1n) is 13.1. The van der Waals surface area contributed by atoms with Gasteiger partial charge in [-0.05, 0) is 76.6 Å². The minimum atomic E-state index is 0.158. The highest BCUT2D eigenvalue weighted by Gasteiger charge is 2.26. The maximum atomic E-state index is 12.7. The van der Waals surface area contributed by atoms with Gasteiger partial charge in [-0.15, -0.1) is 11.3 Å². The number of thiazole rings is 1. The number of nitrogens with one attached hydrogen (secondary N) is 1. The van der Waals surface area contributed by atoms with Crippen molar-refractivity contribution in [3.8, 4) is 10.6 Å². The zero-order chi connectivity index (χ0) is 24.1. The number of aromatic nitrogens is 1. The maximum absolute atomic E-state index is 12.7. The van der Waals surface area contributed by atoms with E-state index in [1.165, 1.54) is 41.2 Å². The number of hydrogen-bond acceptors (Lipinski definition) is 5. The van der Waals surface area contributed by atoms with Crippen LogP contribution in [0.2, 0.25) is 0 Å². The molecule has 3 heterocycles. The molecule has 4 rings (SSSR count). The van der Waals surface area contributed by atoms with Crippen molar-refractivity contribution in [2.75, 3.05) is 39.3 Å². The molecule has 2 saturated heterocycles. The van der Waals surface area contributed by atoms with Gasteiger partial charge < -0.3 is 10.2 Å². The Hall–Kier alpha value is -1.76. The third-order valence-corrected chi connectivity index (χ3v) is 8.54. The minimum absolute atomic E-state index is 0.158. The van der Waals surface area contributed by atoms with Crippen LogP contribution in [0.1, 0.15) is 55.7 Å². The van der Waals surface area contributed by atoms with Gasteiger partial charge in [0, 0.05) is 42.5 Å². The smallest absolute Gasteiger partial charge is 0.223 e. The van der Waals surface area contributed by atoms with Crippen molar-refractivity contribution in [2.45, 2.75) is 59.9 Å². The minimum Gasteiger partial charge on any atom is -0.356 e. The van der Waals surface area contributed by atoms with Gasteiger partial charge >= 0.3 is 0 Å². The van der Waals surface area contributed by atoms with Gasteiger partial charge in [-0.1, -0.05) is 38.1 Å². The van der Waals surface area contributed by atoms with E-state index in [-0.39, 0.29) is 11.8 Å². The summed E-state index contributed by atoms with van der Waals surface area (Å²) >= 11 is 1.79. The fourth-order valence-corrected chi connectivity index (χ4v) is 6.71. The molecule has 0 spiro atoms. The van der Waals surface area contributed by atoms with Gasteiger partial charge in [0.25, 0.3) is 0 Å². The number of carbonyl (C=O) groups is 1. The Morgan fingerprint density at radius 1 is 1.09 bits per heavy atom. The summed E-state index contributed by atoms with van der Waals surface area (Å²) in [6, 6.07) is 8.48. The van der Waals surface area contributed by atoms with Gasteiger partial charge in [0.1, 0.15) is 5.01 Å². The van der Waals surface area contributed by atoms with Gasteiger partial charge in [0.2, 0.25) is 5.91 Å². The first kappa shape index (κ1) is 25.3. The Kier molecular flexibility index (Phi) is 8.78. The Labute approximate surface area is 210 Å². The maximum Gasteiger partial charge on any atom is 0.223 e. The summed E-state index contributed by atoms with van der Waals surface area (Å²) in [5.74, 6) is 2.01. The van der Waals surface area contributed by atoms with Crippen molar-refractivity contribution in [2.24, 2.45) is 17.8 Å². The number of aryl methyl sites for hydroxylation is 2. The van der Waals surface area contributed by atoms with Crippen LogP contribution in [0.15, 0.2) is 24.3 Å². The molecule has 0 aliphatic carbocycles. The monoisotopic (exact) mass is 482 g/mol. The van der Waals surface area contributed by atoms with E-state index in [1.54, 1.807) is 11.3 Å². The highest BCUT2D eigenvalue weighted by atomic mass is 32.1. The molecule has 0 bridgehead atoms. The molecule has 2 aromatic rings. The number of nitrogens with zero attached hydrogens (tertiary/aromatic N) is 3. The van der Waals surface area contributed by atoms with Gasteiger partial charge in [0.15, 0.2) is 0 Å². The predicted octanol–water partition coefficient (Wildman–Crippen LogP) is 5.12. The van der Waals surface area contributed by atoms with Crippen molar-refractivity contribution < 1.29 is 4.79 Å². The van der Waals surface area contributed by atoms with Crippen molar-refractivity contribution in [1.29, 1.82) is 0 Å². The highest BCUT2D eigenvalue weighted by molar-refractivity contribution is 7.15. The van der Waals surface area contributed by atoms with E-state index in [9.17, 15) is 4.79 Å². The largest absolute Gasteiger partial charge is 0.356 e. The summed E-state index contributed by atoms with van der Waals surface area (Å²) in [5.41, 5.74) is 3.70. The lowest BCUT2D eigenvalue weighted by molar-refractivity contribution is -0.126. The molecule has 2 fully saturated rings. The van der Waals surface area contributed by atoms with E-state index in [4.69, 9.17) is 4.98 Å². The Morgan fingerprint density at radius 2 is 1.79 bits per heavy atom. The first-order chi connectivity index (χ1) is 16.4. The molecule has 1 N–H and O–H groups in total. The third-order valence-electron chi connectivity index (χ3n) is 7.49. The van der Waals surface area contributed by atoms with E-state index in [2.05, 4.69) is 67.1 Å². The molecule has 0 saturated carbocycles. The molecule has 1 amide bonds. The van der Waals surface area contributed by atoms with Gasteiger partial charge in [-0.3, -0.25) is 9.69 Å². The van der Waals surface area contributed by atoms with Crippen LogP contribution in [-0.4, -0.2) is 60.0 Å². The molecule has 6 heteroatoms. The summed E-state index contributed by atoms with van der Waals surface area (Å²) in [6.07, 6.45) is 4.29. The molecule has 0 radical (unpaired) electrons. The zero-order valence-electron chi connectivity index (χ0n) is 21.5. The van der Waals surface area contributed by atoms with E-state index >= 15 is 0 Å². The molecule has 2 aliphatic rings. The lowest BCUT2D eigenvalue weighted by Gasteiger charge is -2.35. The standard InChI is InChI=1S/C28H42N4OS/c1-20-16-21(2)18-32(17-20)13-7-12-29-27(33)24-10-14-31(15-11-24)19-26-23(4)34-28(30-26)25-9-6-5-8-22(25)3/h5-6,8-9,20-21,24H,7,10-19H2,1-4H3,(H,29,33)/t20-,21+. The van der Waals surface area contributed by atoms with E-state index in [0.717, 1.165) is 68.8 Å². The number of carbonyl (C=O) groups excluding carboxylic acids is 1. The number of rotatable bonds is 8. The summed E-state index contributed by atoms with van der Waals surface area (Å²) in [7, 11) is 0. The van der Waals surface area contributed by atoms with Gasteiger partial charge in [0.05, 0.1) is 5.69 Å². The van der Waals surface area contributed by atoms with Gasteiger partial charge in [-0.2, -0.15) is 0 Å². The van der Waals surface area contributed by atoms with Crippen LogP contribution in [0.25, 0.3) is 10.6 Å². The first-order valence-corrected chi connectivity index (χ1v) is 14.0. The fourth-order valence-electron chi connectivity index (χ4n) is 5.70. The van der Waals surface area contributed by atoms with E-state index in [1.807, 2.05) is 0 Å². The summed E-state index contributed by atoms with van der Waals surface area (Å²) in [4.78, 5) is 24.0. The average molecular weight is 483 g/mol. The van der Waals surface area contributed by atoms with Crippen LogP contribution in [-0.2, 0) is 11.3 Å². The lowest BCUT2D eigenvalue weighted by atomic mass is 9.92. The van der Waals surface area contributed by atoms with Crippen LogP contribution in [0.4, 0.5) is 0 Å². The van der Waals surface area contributed by atoms with Crippen LogP contribution in [0.5, 0.6) is 0 Å². The van der Waals surface area contributed by atoms with Crippen molar-refractivity contribution in [3.63, 3.8) is 0 Å². The van der Waals surface area contributed by atoms with Crippen LogP contribution >= 0.6 is 11.3 Å². The Bertz CT molecular complexity index is 940. The molecule has 0 unspecified atom stereocenters. The summed E-state index contributed by atoms with van der Waals surface area (Å²) in [6.45, 7) is 16.2. The number of piperidine rings is 2. The molecule has 5 nitrogen and oxygen atoms in total. The molecule has 2 atom stereocenters. The molecular weight excluding hydrogens is 440 g/mol. The quantitative estimate of drug-likeness (QED) is 0.531. The SMILES string of the molecule is Cc1ccccc1-c1nc(CN2CCC(C(=O)NCCCN3C[C@H](C)C[C@H](C)C3)CC2)c(C)s1. The highest BCUT2D eigenvalue weighted by Crippen LogP contribution is 2.31. The number of likely N-dealkylation sites (tertiary alicyclic amines) is 2. The lowest BCUT2D eigenvalue weighted by Crippen LogP contribution is -2.42. The number of amides is 1. The molecule has 34 heavy (non-hydrogen) atoms. The van der Waals surface area contributed by atoms with Gasteiger partial charge in [-0.25, -0.2) is 4.98 Å². The molecular formula is C28H42N4OS.